The van der Waals surface area contributed by atoms with Gasteiger partial charge in [-0.15, -0.1) is 0 Å². The first-order chi connectivity index (χ1) is 42.7. The molecular formula is C70H136O17P2. The molecule has 0 saturated heterocycles. The third-order valence-electron chi connectivity index (χ3n) is 17.2. The first kappa shape index (κ1) is 87.1. The summed E-state index contributed by atoms with van der Waals surface area (Å²) in [6, 6.07) is 0. The van der Waals surface area contributed by atoms with Gasteiger partial charge in [-0.2, -0.15) is 0 Å². The zero-order valence-corrected chi connectivity index (χ0v) is 59.8. The van der Waals surface area contributed by atoms with Crippen LogP contribution in [0.2, 0.25) is 0 Å². The fraction of sp³-hybridized carbons (Fsp3) is 0.943. The van der Waals surface area contributed by atoms with Gasteiger partial charge in [0.2, 0.25) is 0 Å². The maximum Gasteiger partial charge on any atom is 0.472 e. The van der Waals surface area contributed by atoms with E-state index >= 15 is 0 Å². The number of aliphatic hydroxyl groups is 1. The normalized spacial score (nSPS) is 15.2. The van der Waals surface area contributed by atoms with E-state index in [9.17, 15) is 43.2 Å². The number of ether oxygens (including phenoxy) is 4. The molecule has 0 fully saturated rings. The largest absolute Gasteiger partial charge is 0.472 e. The van der Waals surface area contributed by atoms with Crippen LogP contribution in [0.1, 0.15) is 344 Å². The van der Waals surface area contributed by atoms with E-state index in [2.05, 4.69) is 55.4 Å². The smallest absolute Gasteiger partial charge is 0.462 e. The van der Waals surface area contributed by atoms with Crippen molar-refractivity contribution in [2.45, 2.75) is 363 Å². The molecule has 89 heavy (non-hydrogen) atoms. The van der Waals surface area contributed by atoms with Crippen molar-refractivity contribution in [2.24, 2.45) is 23.7 Å². The quantitative estimate of drug-likeness (QED) is 0.0222. The Morgan fingerprint density at radius 1 is 0.315 bits per heavy atom. The maximum absolute atomic E-state index is 13.0. The Bertz CT molecular complexity index is 1770. The van der Waals surface area contributed by atoms with Gasteiger partial charge in [0, 0.05) is 25.7 Å². The minimum absolute atomic E-state index is 0.103. The minimum Gasteiger partial charge on any atom is -0.462 e. The van der Waals surface area contributed by atoms with Crippen molar-refractivity contribution in [3.05, 3.63) is 0 Å². The number of aliphatic hydroxyl groups excluding tert-OH is 1. The Hall–Kier alpha value is -1.94. The number of esters is 4. The second kappa shape index (κ2) is 59.8. The van der Waals surface area contributed by atoms with Crippen LogP contribution in [0.5, 0.6) is 0 Å². The Kier molecular flexibility index (Phi) is 58.5. The van der Waals surface area contributed by atoms with Gasteiger partial charge < -0.3 is 33.8 Å². The lowest BCUT2D eigenvalue weighted by molar-refractivity contribution is -0.161. The van der Waals surface area contributed by atoms with Crippen LogP contribution < -0.4 is 0 Å². The second-order valence-electron chi connectivity index (χ2n) is 26.5. The topological polar surface area (TPSA) is 237 Å². The van der Waals surface area contributed by atoms with Gasteiger partial charge in [-0.1, -0.05) is 293 Å². The Labute approximate surface area is 543 Å². The highest BCUT2D eigenvalue weighted by Gasteiger charge is 2.30. The first-order valence-corrected chi connectivity index (χ1v) is 39.3. The molecule has 0 aliphatic heterocycles. The first-order valence-electron chi connectivity index (χ1n) is 36.3. The van der Waals surface area contributed by atoms with Gasteiger partial charge >= 0.3 is 39.5 Å². The molecule has 0 aromatic heterocycles. The summed E-state index contributed by atoms with van der Waals surface area (Å²) in [4.78, 5) is 72.6. The molecule has 3 N–H and O–H groups in total. The minimum atomic E-state index is -4.95. The zero-order valence-electron chi connectivity index (χ0n) is 58.1. The molecule has 5 unspecified atom stereocenters. The summed E-state index contributed by atoms with van der Waals surface area (Å²) in [7, 11) is -9.90. The molecule has 0 saturated carbocycles. The number of hydrogen-bond acceptors (Lipinski definition) is 15. The average Bonchev–Trinajstić information content (AvgIpc) is 3.61. The average molecular weight is 1310 g/mol. The molecule has 0 radical (unpaired) electrons. The SMILES string of the molecule is CCC(C)CCCCCCCCCCCCC(=O)OC[C@H](COP(=O)(O)OC[C@@H](O)COP(=O)(O)OC[C@@H](COC(=O)CCCCCCCCC(C)CC)OC(=O)CCCCCCCCCCC(C)CC)OC(=O)CCCCCCCCCCCCC(C)C. The Morgan fingerprint density at radius 2 is 0.539 bits per heavy atom. The van der Waals surface area contributed by atoms with E-state index in [0.717, 1.165) is 120 Å². The summed E-state index contributed by atoms with van der Waals surface area (Å²) in [5, 5.41) is 10.6. The predicted molar refractivity (Wildman–Crippen MR) is 358 cm³/mol. The second-order valence-corrected chi connectivity index (χ2v) is 29.4. The van der Waals surface area contributed by atoms with Crippen molar-refractivity contribution in [1.29, 1.82) is 0 Å². The molecule has 0 spiro atoms. The van der Waals surface area contributed by atoms with Gasteiger partial charge in [-0.05, 0) is 49.4 Å². The molecule has 0 bridgehead atoms. The van der Waals surface area contributed by atoms with E-state index in [1.54, 1.807) is 0 Å². The van der Waals surface area contributed by atoms with Crippen LogP contribution in [0.25, 0.3) is 0 Å². The fourth-order valence-corrected chi connectivity index (χ4v) is 12.0. The molecule has 528 valence electrons. The van der Waals surface area contributed by atoms with Crippen molar-refractivity contribution >= 4 is 39.5 Å². The van der Waals surface area contributed by atoms with Gasteiger partial charge in [0.1, 0.15) is 19.3 Å². The summed E-state index contributed by atoms with van der Waals surface area (Å²) in [6.45, 7) is 14.1. The van der Waals surface area contributed by atoms with E-state index in [4.69, 9.17) is 37.0 Å². The number of carbonyl (C=O) groups is 4. The number of hydrogen-bond donors (Lipinski definition) is 3. The fourth-order valence-electron chi connectivity index (χ4n) is 10.4. The monoisotopic (exact) mass is 1310 g/mol. The Balaban J connectivity index is 5.28. The zero-order chi connectivity index (χ0) is 66.1. The number of phosphoric ester groups is 2. The lowest BCUT2D eigenvalue weighted by Crippen LogP contribution is -2.30. The summed E-state index contributed by atoms with van der Waals surface area (Å²) in [5.74, 6) is 0.931. The molecule has 0 rings (SSSR count). The summed E-state index contributed by atoms with van der Waals surface area (Å²) < 4.78 is 68.3. The van der Waals surface area contributed by atoms with E-state index in [1.807, 2.05) is 0 Å². The number of unbranched alkanes of at least 4 members (excludes halogenated alkanes) is 30. The lowest BCUT2D eigenvalue weighted by Gasteiger charge is -2.21. The van der Waals surface area contributed by atoms with Crippen LogP contribution in [-0.2, 0) is 65.4 Å². The third kappa shape index (κ3) is 60.7. The van der Waals surface area contributed by atoms with Crippen LogP contribution >= 0.6 is 15.6 Å². The van der Waals surface area contributed by atoms with Gasteiger partial charge in [0.15, 0.2) is 12.2 Å². The highest BCUT2D eigenvalue weighted by Crippen LogP contribution is 2.45. The number of rotatable bonds is 67. The molecule has 0 aliphatic rings. The third-order valence-corrected chi connectivity index (χ3v) is 19.1. The van der Waals surface area contributed by atoms with Crippen LogP contribution in [0, 0.1) is 23.7 Å². The Morgan fingerprint density at radius 3 is 0.798 bits per heavy atom. The highest BCUT2D eigenvalue weighted by atomic mass is 31.2. The van der Waals surface area contributed by atoms with E-state index in [0.29, 0.717) is 25.7 Å². The van der Waals surface area contributed by atoms with Crippen LogP contribution in [-0.4, -0.2) is 96.7 Å². The standard InChI is InChI=1S/C70H136O17P2/c1-9-61(6)47-39-31-23-17-13-15-18-25-34-42-50-67(72)80-56-65(86-69(74)52-44-36-26-19-14-12-16-22-30-38-46-60(4)5)58-84-88(76,77)82-54-64(71)55-83-89(78,79)85-59-66(57-81-68(73)51-43-35-29-28-33-41-49-63(8)11-3)87-70(75)53-45-37-27-21-20-24-32-40-48-62(7)10-2/h60-66,71H,9-59H2,1-8H3,(H,76,77)(H,78,79)/t61?,62?,63?,64-,65-,66-/m1/s1. The number of phosphoric acid groups is 2. The lowest BCUT2D eigenvalue weighted by atomic mass is 9.99. The van der Waals surface area contributed by atoms with Crippen molar-refractivity contribution in [2.75, 3.05) is 39.6 Å². The van der Waals surface area contributed by atoms with Gasteiger partial charge in [0.05, 0.1) is 26.4 Å². The molecule has 0 heterocycles. The van der Waals surface area contributed by atoms with E-state index in [-0.39, 0.29) is 25.7 Å². The summed E-state index contributed by atoms with van der Waals surface area (Å²) in [5.41, 5.74) is 0. The van der Waals surface area contributed by atoms with Crippen LogP contribution in [0.4, 0.5) is 0 Å². The number of carbonyl (C=O) groups excluding carboxylic acids is 4. The van der Waals surface area contributed by atoms with Crippen molar-refractivity contribution < 1.29 is 80.2 Å². The molecule has 8 atom stereocenters. The summed E-state index contributed by atoms with van der Waals surface area (Å²) >= 11 is 0. The molecule has 0 aromatic rings. The van der Waals surface area contributed by atoms with Crippen LogP contribution in [0.15, 0.2) is 0 Å². The van der Waals surface area contributed by atoms with Gasteiger partial charge in [0.25, 0.3) is 0 Å². The molecule has 0 amide bonds. The predicted octanol–water partition coefficient (Wildman–Crippen LogP) is 19.7. The molecule has 19 heteroatoms. The van der Waals surface area contributed by atoms with Crippen molar-refractivity contribution in [3.63, 3.8) is 0 Å². The summed E-state index contributed by atoms with van der Waals surface area (Å²) in [6.07, 6.45) is 41.5. The van der Waals surface area contributed by atoms with E-state index in [1.165, 1.54) is 141 Å². The van der Waals surface area contributed by atoms with E-state index < -0.39 is 97.5 Å². The molecule has 0 aliphatic carbocycles. The molecular weight excluding hydrogens is 1170 g/mol. The molecule has 17 nitrogen and oxygen atoms in total. The van der Waals surface area contributed by atoms with Gasteiger partial charge in [-0.25, -0.2) is 9.13 Å². The van der Waals surface area contributed by atoms with Crippen molar-refractivity contribution in [1.82, 2.24) is 0 Å². The van der Waals surface area contributed by atoms with Crippen LogP contribution in [0.3, 0.4) is 0 Å². The highest BCUT2D eigenvalue weighted by molar-refractivity contribution is 7.47. The molecule has 0 aromatic carbocycles. The maximum atomic E-state index is 13.0. The van der Waals surface area contributed by atoms with Gasteiger partial charge in [-0.3, -0.25) is 37.3 Å². The van der Waals surface area contributed by atoms with Crippen molar-refractivity contribution in [3.8, 4) is 0 Å².